The van der Waals surface area contributed by atoms with Crippen LogP contribution in [0.15, 0.2) is 18.2 Å². The van der Waals surface area contributed by atoms with Gasteiger partial charge in [-0.25, -0.2) is 4.98 Å². The third kappa shape index (κ3) is 2.47. The lowest BCUT2D eigenvalue weighted by atomic mass is 9.96. The van der Waals surface area contributed by atoms with E-state index in [0.717, 1.165) is 27.7 Å². The summed E-state index contributed by atoms with van der Waals surface area (Å²) in [6.07, 6.45) is 0. The van der Waals surface area contributed by atoms with E-state index in [2.05, 4.69) is 20.8 Å². The summed E-state index contributed by atoms with van der Waals surface area (Å²) in [5, 5.41) is 0.729. The molecular weight excluding hydrogens is 258 g/mol. The first-order valence-corrected chi connectivity index (χ1v) is 6.69. The quantitative estimate of drug-likeness (QED) is 0.858. The van der Waals surface area contributed by atoms with Crippen molar-refractivity contribution < 1.29 is 0 Å². The van der Waals surface area contributed by atoms with Gasteiger partial charge in [-0.05, 0) is 24.6 Å². The molecule has 0 fully saturated rings. The number of nitrogen functional groups attached to an aromatic ring is 1. The van der Waals surface area contributed by atoms with Gasteiger partial charge in [0.15, 0.2) is 0 Å². The van der Waals surface area contributed by atoms with Gasteiger partial charge in [-0.15, -0.1) is 0 Å². The number of aryl methyl sites for hydroxylation is 1. The van der Waals surface area contributed by atoms with Gasteiger partial charge in [-0.2, -0.15) is 0 Å². The maximum Gasteiger partial charge on any atom is 0.131 e. The van der Waals surface area contributed by atoms with Crippen LogP contribution < -0.4 is 5.73 Å². The molecule has 0 saturated carbocycles. The molecular formula is C15H20ClN3. The first-order valence-electron chi connectivity index (χ1n) is 6.31. The molecule has 2 rings (SSSR count). The topological polar surface area (TPSA) is 43.8 Å². The van der Waals surface area contributed by atoms with Crippen LogP contribution in [-0.2, 0) is 12.5 Å². The lowest BCUT2D eigenvalue weighted by Gasteiger charge is -2.17. The Morgan fingerprint density at radius 2 is 1.89 bits per heavy atom. The zero-order chi connectivity index (χ0) is 14.4. The van der Waals surface area contributed by atoms with E-state index in [1.54, 1.807) is 0 Å². The summed E-state index contributed by atoms with van der Waals surface area (Å²) in [5.74, 6) is 1.67. The number of aromatic nitrogens is 2. The molecule has 0 amide bonds. The standard InChI is InChI=1S/C15H20ClN3/c1-9-8-10(16)6-7-11(9)12-13(17)19(5)14(18-12)15(2,3)4/h6-8H,17H2,1-5H3. The summed E-state index contributed by atoms with van der Waals surface area (Å²) in [4.78, 5) is 4.74. The smallest absolute Gasteiger partial charge is 0.131 e. The minimum absolute atomic E-state index is 0.0402. The van der Waals surface area contributed by atoms with Crippen molar-refractivity contribution in [1.82, 2.24) is 9.55 Å². The van der Waals surface area contributed by atoms with Gasteiger partial charge < -0.3 is 10.3 Å². The summed E-state index contributed by atoms with van der Waals surface area (Å²) >= 11 is 6.00. The number of nitrogens with two attached hydrogens (primary N) is 1. The molecule has 19 heavy (non-hydrogen) atoms. The number of hydrogen-bond donors (Lipinski definition) is 1. The Hall–Kier alpha value is -1.48. The minimum Gasteiger partial charge on any atom is -0.383 e. The Morgan fingerprint density at radius 3 is 2.37 bits per heavy atom. The Kier molecular flexibility index (Phi) is 3.35. The molecule has 0 unspecified atom stereocenters. The summed E-state index contributed by atoms with van der Waals surface area (Å²) in [6, 6.07) is 5.78. The molecule has 0 spiro atoms. The van der Waals surface area contributed by atoms with E-state index in [1.165, 1.54) is 0 Å². The van der Waals surface area contributed by atoms with Gasteiger partial charge in [-0.1, -0.05) is 38.4 Å². The predicted molar refractivity (Wildman–Crippen MR) is 81.5 cm³/mol. The highest BCUT2D eigenvalue weighted by molar-refractivity contribution is 6.30. The second-order valence-corrected chi connectivity index (χ2v) is 6.37. The Bertz CT molecular complexity index is 621. The second kappa shape index (κ2) is 4.57. The largest absolute Gasteiger partial charge is 0.383 e. The van der Waals surface area contributed by atoms with E-state index >= 15 is 0 Å². The highest BCUT2D eigenvalue weighted by Crippen LogP contribution is 2.33. The Balaban J connectivity index is 2.64. The van der Waals surface area contributed by atoms with Crippen molar-refractivity contribution in [3.05, 3.63) is 34.6 Å². The molecule has 1 heterocycles. The van der Waals surface area contributed by atoms with Gasteiger partial charge >= 0.3 is 0 Å². The third-order valence-corrected chi connectivity index (χ3v) is 3.49. The number of rotatable bonds is 1. The van der Waals surface area contributed by atoms with Crippen molar-refractivity contribution in [2.24, 2.45) is 7.05 Å². The van der Waals surface area contributed by atoms with E-state index in [1.807, 2.05) is 36.7 Å². The first kappa shape index (κ1) is 13.9. The zero-order valence-electron chi connectivity index (χ0n) is 12.1. The van der Waals surface area contributed by atoms with E-state index in [9.17, 15) is 0 Å². The van der Waals surface area contributed by atoms with Crippen LogP contribution in [0, 0.1) is 6.92 Å². The number of anilines is 1. The van der Waals surface area contributed by atoms with Crippen LogP contribution in [0.5, 0.6) is 0 Å². The average molecular weight is 278 g/mol. The number of halogens is 1. The van der Waals surface area contributed by atoms with Crippen LogP contribution >= 0.6 is 11.6 Å². The fourth-order valence-electron chi connectivity index (χ4n) is 2.27. The number of nitrogens with zero attached hydrogens (tertiary/aromatic N) is 2. The summed E-state index contributed by atoms with van der Waals surface area (Å²) in [7, 11) is 1.96. The van der Waals surface area contributed by atoms with Crippen LogP contribution in [0.2, 0.25) is 5.02 Å². The molecule has 0 bridgehead atoms. The fraction of sp³-hybridized carbons (Fsp3) is 0.400. The van der Waals surface area contributed by atoms with Crippen molar-refractivity contribution in [1.29, 1.82) is 0 Å². The van der Waals surface area contributed by atoms with Gasteiger partial charge in [0.2, 0.25) is 0 Å². The molecule has 4 heteroatoms. The molecule has 1 aromatic carbocycles. The van der Waals surface area contributed by atoms with Gasteiger partial charge in [0.05, 0.1) is 0 Å². The first-order chi connectivity index (χ1) is 8.71. The number of imidazole rings is 1. The Labute approximate surface area is 119 Å². The third-order valence-electron chi connectivity index (χ3n) is 3.25. The molecule has 2 N–H and O–H groups in total. The zero-order valence-corrected chi connectivity index (χ0v) is 12.8. The van der Waals surface area contributed by atoms with Gasteiger partial charge in [0.25, 0.3) is 0 Å². The van der Waals surface area contributed by atoms with Crippen LogP contribution in [0.1, 0.15) is 32.2 Å². The maximum absolute atomic E-state index is 6.21. The summed E-state index contributed by atoms with van der Waals surface area (Å²) in [5.41, 5.74) is 9.12. The van der Waals surface area contributed by atoms with Crippen molar-refractivity contribution in [3.63, 3.8) is 0 Å². The predicted octanol–water partition coefficient (Wildman–Crippen LogP) is 3.93. The second-order valence-electron chi connectivity index (χ2n) is 5.94. The molecule has 2 aromatic rings. The molecule has 0 saturated heterocycles. The van der Waals surface area contributed by atoms with Crippen molar-refractivity contribution in [2.75, 3.05) is 5.73 Å². The van der Waals surface area contributed by atoms with Crippen molar-refractivity contribution in [2.45, 2.75) is 33.1 Å². The van der Waals surface area contributed by atoms with E-state index in [4.69, 9.17) is 22.3 Å². The van der Waals surface area contributed by atoms with Crippen LogP contribution in [0.3, 0.4) is 0 Å². The molecule has 0 aliphatic carbocycles. The molecule has 3 nitrogen and oxygen atoms in total. The molecule has 0 aliphatic heterocycles. The summed E-state index contributed by atoms with van der Waals surface area (Å²) in [6.45, 7) is 8.42. The van der Waals surface area contributed by atoms with Crippen LogP contribution in [0.25, 0.3) is 11.3 Å². The lowest BCUT2D eigenvalue weighted by Crippen LogP contribution is -2.17. The Morgan fingerprint density at radius 1 is 1.26 bits per heavy atom. The molecule has 1 aromatic heterocycles. The van der Waals surface area contributed by atoms with Gasteiger partial charge in [0.1, 0.15) is 17.3 Å². The summed E-state index contributed by atoms with van der Waals surface area (Å²) < 4.78 is 1.96. The number of benzene rings is 1. The lowest BCUT2D eigenvalue weighted by molar-refractivity contribution is 0.524. The van der Waals surface area contributed by atoms with Gasteiger partial charge in [0, 0.05) is 23.0 Å². The highest BCUT2D eigenvalue weighted by Gasteiger charge is 2.24. The minimum atomic E-state index is -0.0402. The number of hydrogen-bond acceptors (Lipinski definition) is 2. The molecule has 102 valence electrons. The van der Waals surface area contributed by atoms with E-state index in [0.29, 0.717) is 5.82 Å². The van der Waals surface area contributed by atoms with E-state index in [-0.39, 0.29) is 5.41 Å². The van der Waals surface area contributed by atoms with Gasteiger partial charge in [-0.3, -0.25) is 0 Å². The van der Waals surface area contributed by atoms with E-state index < -0.39 is 0 Å². The fourth-order valence-corrected chi connectivity index (χ4v) is 2.50. The molecule has 0 radical (unpaired) electrons. The SMILES string of the molecule is Cc1cc(Cl)ccc1-c1nc(C(C)(C)C)n(C)c1N. The van der Waals surface area contributed by atoms with Crippen LogP contribution in [0.4, 0.5) is 5.82 Å². The normalized spacial score (nSPS) is 11.9. The highest BCUT2D eigenvalue weighted by atomic mass is 35.5. The van der Waals surface area contributed by atoms with Crippen molar-refractivity contribution in [3.8, 4) is 11.3 Å². The molecule has 0 aliphatic rings. The van der Waals surface area contributed by atoms with Crippen molar-refractivity contribution >= 4 is 17.4 Å². The maximum atomic E-state index is 6.21. The molecule has 0 atom stereocenters. The van der Waals surface area contributed by atoms with Crippen LogP contribution in [-0.4, -0.2) is 9.55 Å². The average Bonchev–Trinajstić information content (AvgIpc) is 2.56. The monoisotopic (exact) mass is 277 g/mol.